The molecule has 0 saturated carbocycles. The molecule has 0 aliphatic heterocycles. The number of aryl methyl sites for hydroxylation is 1. The number of benzene rings is 2. The molecule has 6 heteroatoms. The van der Waals surface area contributed by atoms with Crippen LogP contribution in [0.25, 0.3) is 0 Å². The van der Waals surface area contributed by atoms with Crippen molar-refractivity contribution in [2.24, 2.45) is 0 Å². The van der Waals surface area contributed by atoms with Crippen molar-refractivity contribution in [3.8, 4) is 0 Å². The highest BCUT2D eigenvalue weighted by Crippen LogP contribution is 2.15. The molecule has 0 aliphatic rings. The van der Waals surface area contributed by atoms with Gasteiger partial charge < -0.3 is 4.90 Å². The van der Waals surface area contributed by atoms with E-state index in [9.17, 15) is 13.2 Å². The molecule has 2 aromatic rings. The van der Waals surface area contributed by atoms with Crippen LogP contribution in [-0.4, -0.2) is 32.5 Å². The van der Waals surface area contributed by atoms with E-state index >= 15 is 0 Å². The number of rotatable bonds is 6. The molecule has 5 nitrogen and oxygen atoms in total. The lowest BCUT2D eigenvalue weighted by Gasteiger charge is -2.18. The van der Waals surface area contributed by atoms with Crippen LogP contribution in [0, 0.1) is 0 Å². The highest BCUT2D eigenvalue weighted by molar-refractivity contribution is 7.92. The van der Waals surface area contributed by atoms with Crippen LogP contribution in [0.1, 0.15) is 28.4 Å². The quantitative estimate of drug-likeness (QED) is 0.874. The third-order valence-electron chi connectivity index (χ3n) is 3.61. The Bertz CT molecular complexity index is 814. The van der Waals surface area contributed by atoms with E-state index in [0.29, 0.717) is 17.8 Å². The number of sulfonamides is 1. The minimum Gasteiger partial charge on any atom is -0.337 e. The molecule has 0 aliphatic carbocycles. The summed E-state index contributed by atoms with van der Waals surface area (Å²) in [4.78, 5) is 14.2. The summed E-state index contributed by atoms with van der Waals surface area (Å²) in [6.07, 6.45) is 2.06. The van der Waals surface area contributed by atoms with Gasteiger partial charge in [0.15, 0.2) is 0 Å². The van der Waals surface area contributed by atoms with Crippen molar-refractivity contribution < 1.29 is 13.2 Å². The smallest absolute Gasteiger partial charge is 0.253 e. The summed E-state index contributed by atoms with van der Waals surface area (Å²) in [5.74, 6) is -0.160. The molecule has 0 spiro atoms. The van der Waals surface area contributed by atoms with Gasteiger partial charge in [-0.3, -0.25) is 9.52 Å². The average molecular weight is 346 g/mol. The Morgan fingerprint density at radius 2 is 1.71 bits per heavy atom. The summed E-state index contributed by atoms with van der Waals surface area (Å²) in [5.41, 5.74) is 3.13. The van der Waals surface area contributed by atoms with E-state index in [1.807, 2.05) is 12.1 Å². The van der Waals surface area contributed by atoms with Gasteiger partial charge in [0.2, 0.25) is 10.0 Å². The molecule has 0 heterocycles. The molecular weight excluding hydrogens is 324 g/mol. The normalized spacial score (nSPS) is 11.1. The lowest BCUT2D eigenvalue weighted by atomic mass is 10.1. The Labute approximate surface area is 143 Å². The van der Waals surface area contributed by atoms with Crippen LogP contribution < -0.4 is 4.72 Å². The fraction of sp³-hybridized carbons (Fsp3) is 0.278. The number of amides is 1. The molecule has 0 unspecified atom stereocenters. The SMILES string of the molecule is CCc1ccc(CN(C)C(=O)c2cccc(NS(C)(=O)=O)c2)cc1. The Hall–Kier alpha value is -2.34. The number of hydrogen-bond acceptors (Lipinski definition) is 3. The zero-order chi connectivity index (χ0) is 17.7. The van der Waals surface area contributed by atoms with Crippen LogP contribution in [-0.2, 0) is 23.0 Å². The van der Waals surface area contributed by atoms with Crippen LogP contribution in [0.2, 0.25) is 0 Å². The number of carbonyl (C=O) groups excluding carboxylic acids is 1. The summed E-state index contributed by atoms with van der Waals surface area (Å²) < 4.78 is 25.0. The van der Waals surface area contributed by atoms with Gasteiger partial charge in [-0.05, 0) is 35.7 Å². The Morgan fingerprint density at radius 1 is 1.08 bits per heavy atom. The Balaban J connectivity index is 2.10. The molecule has 2 aromatic carbocycles. The molecule has 1 amide bonds. The predicted molar refractivity (Wildman–Crippen MR) is 96.5 cm³/mol. The molecule has 0 radical (unpaired) electrons. The molecular formula is C18H22N2O3S. The number of anilines is 1. The highest BCUT2D eigenvalue weighted by atomic mass is 32.2. The summed E-state index contributed by atoms with van der Waals surface area (Å²) >= 11 is 0. The van der Waals surface area contributed by atoms with Crippen LogP contribution >= 0.6 is 0 Å². The van der Waals surface area contributed by atoms with Crippen molar-refractivity contribution in [1.29, 1.82) is 0 Å². The Kier molecular flexibility index (Phi) is 5.62. The number of nitrogens with one attached hydrogen (secondary N) is 1. The first-order chi connectivity index (χ1) is 11.3. The van der Waals surface area contributed by atoms with E-state index < -0.39 is 10.0 Å². The molecule has 0 atom stereocenters. The first-order valence-electron chi connectivity index (χ1n) is 7.69. The van der Waals surface area contributed by atoms with Gasteiger partial charge in [0.25, 0.3) is 5.91 Å². The van der Waals surface area contributed by atoms with Crippen molar-refractivity contribution in [2.45, 2.75) is 19.9 Å². The number of carbonyl (C=O) groups is 1. The van der Waals surface area contributed by atoms with Gasteiger partial charge in [-0.25, -0.2) is 8.42 Å². The van der Waals surface area contributed by atoms with Crippen molar-refractivity contribution in [3.05, 3.63) is 65.2 Å². The van der Waals surface area contributed by atoms with Crippen LogP contribution in [0.15, 0.2) is 48.5 Å². The van der Waals surface area contributed by atoms with Gasteiger partial charge in [0.05, 0.1) is 6.26 Å². The largest absolute Gasteiger partial charge is 0.337 e. The third kappa shape index (κ3) is 5.09. The average Bonchev–Trinajstić information content (AvgIpc) is 2.53. The summed E-state index contributed by atoms with van der Waals surface area (Å²) in [6, 6.07) is 14.6. The monoisotopic (exact) mass is 346 g/mol. The molecule has 128 valence electrons. The van der Waals surface area contributed by atoms with E-state index in [2.05, 4.69) is 23.8 Å². The van der Waals surface area contributed by atoms with E-state index in [1.54, 1.807) is 36.2 Å². The van der Waals surface area contributed by atoms with Gasteiger partial charge in [-0.1, -0.05) is 37.3 Å². The zero-order valence-electron chi connectivity index (χ0n) is 14.1. The third-order valence-corrected chi connectivity index (χ3v) is 4.22. The lowest BCUT2D eigenvalue weighted by molar-refractivity contribution is 0.0785. The van der Waals surface area contributed by atoms with E-state index in [4.69, 9.17) is 0 Å². The number of nitrogens with zero attached hydrogens (tertiary/aromatic N) is 1. The summed E-state index contributed by atoms with van der Waals surface area (Å²) in [6.45, 7) is 2.59. The molecule has 24 heavy (non-hydrogen) atoms. The molecule has 2 rings (SSSR count). The standard InChI is InChI=1S/C18H22N2O3S/c1-4-14-8-10-15(11-9-14)13-20(2)18(21)16-6-5-7-17(12-16)19-24(3,22)23/h5-12,19H,4,13H2,1-3H3. The van der Waals surface area contributed by atoms with Gasteiger partial charge in [0.1, 0.15) is 0 Å². The molecule has 0 saturated heterocycles. The fourth-order valence-electron chi connectivity index (χ4n) is 2.38. The molecule has 0 bridgehead atoms. The van der Waals surface area contributed by atoms with Crippen LogP contribution in [0.3, 0.4) is 0 Å². The fourth-order valence-corrected chi connectivity index (χ4v) is 2.93. The highest BCUT2D eigenvalue weighted by Gasteiger charge is 2.13. The van der Waals surface area contributed by atoms with Crippen molar-refractivity contribution >= 4 is 21.6 Å². The first kappa shape index (κ1) is 18.0. The zero-order valence-corrected chi connectivity index (χ0v) is 14.9. The minimum atomic E-state index is -3.37. The van der Waals surface area contributed by atoms with E-state index in [1.165, 1.54) is 5.56 Å². The maximum Gasteiger partial charge on any atom is 0.253 e. The second kappa shape index (κ2) is 7.49. The summed E-state index contributed by atoms with van der Waals surface area (Å²) in [5, 5.41) is 0. The van der Waals surface area contributed by atoms with Gasteiger partial charge >= 0.3 is 0 Å². The van der Waals surface area contributed by atoms with Gasteiger partial charge in [-0.2, -0.15) is 0 Å². The maximum absolute atomic E-state index is 12.5. The van der Waals surface area contributed by atoms with Gasteiger partial charge in [-0.15, -0.1) is 0 Å². The van der Waals surface area contributed by atoms with Crippen LogP contribution in [0.5, 0.6) is 0 Å². The van der Waals surface area contributed by atoms with Gasteiger partial charge in [0, 0.05) is 24.8 Å². The van der Waals surface area contributed by atoms with E-state index in [0.717, 1.165) is 18.2 Å². The van der Waals surface area contributed by atoms with Crippen molar-refractivity contribution in [3.63, 3.8) is 0 Å². The first-order valence-corrected chi connectivity index (χ1v) is 9.59. The lowest BCUT2D eigenvalue weighted by Crippen LogP contribution is -2.26. The second-order valence-electron chi connectivity index (χ2n) is 5.79. The maximum atomic E-state index is 12.5. The van der Waals surface area contributed by atoms with E-state index in [-0.39, 0.29) is 5.91 Å². The molecule has 0 fully saturated rings. The summed E-state index contributed by atoms with van der Waals surface area (Å²) in [7, 11) is -1.64. The van der Waals surface area contributed by atoms with Crippen molar-refractivity contribution in [2.75, 3.05) is 18.0 Å². The Morgan fingerprint density at radius 3 is 2.29 bits per heavy atom. The second-order valence-corrected chi connectivity index (χ2v) is 7.53. The molecule has 0 aromatic heterocycles. The minimum absolute atomic E-state index is 0.160. The molecule has 1 N–H and O–H groups in total. The topological polar surface area (TPSA) is 66.5 Å². The number of hydrogen-bond donors (Lipinski definition) is 1. The predicted octanol–water partition coefficient (Wildman–Crippen LogP) is 2.89. The van der Waals surface area contributed by atoms with Crippen molar-refractivity contribution in [1.82, 2.24) is 4.90 Å². The van der Waals surface area contributed by atoms with Crippen LogP contribution in [0.4, 0.5) is 5.69 Å².